The van der Waals surface area contributed by atoms with E-state index in [1.807, 2.05) is 31.2 Å². The van der Waals surface area contributed by atoms with Gasteiger partial charge < -0.3 is 24.6 Å². The predicted molar refractivity (Wildman–Crippen MR) is 126 cm³/mol. The van der Waals surface area contributed by atoms with Gasteiger partial charge in [0.15, 0.2) is 0 Å². The van der Waals surface area contributed by atoms with Crippen LogP contribution in [-0.4, -0.2) is 56.4 Å². The third-order valence-corrected chi connectivity index (χ3v) is 6.39. The Kier molecular flexibility index (Phi) is 7.15. The molecule has 2 saturated heterocycles. The molecule has 2 fully saturated rings. The van der Waals surface area contributed by atoms with E-state index in [2.05, 4.69) is 33.3 Å². The molecular formula is C25H34N4O3. The van der Waals surface area contributed by atoms with E-state index in [4.69, 9.17) is 14.5 Å². The molecule has 2 atom stereocenters. The van der Waals surface area contributed by atoms with Crippen molar-refractivity contribution in [3.63, 3.8) is 0 Å². The van der Waals surface area contributed by atoms with Gasteiger partial charge in [-0.25, -0.2) is 4.98 Å². The zero-order valence-corrected chi connectivity index (χ0v) is 19.3. The zero-order valence-electron chi connectivity index (χ0n) is 19.3. The van der Waals surface area contributed by atoms with Crippen LogP contribution in [0.25, 0.3) is 0 Å². The van der Waals surface area contributed by atoms with Crippen LogP contribution < -0.4 is 19.9 Å². The highest BCUT2D eigenvalue weighted by atomic mass is 16.5. The van der Waals surface area contributed by atoms with Crippen LogP contribution in [0.2, 0.25) is 0 Å². The summed E-state index contributed by atoms with van der Waals surface area (Å²) >= 11 is 0. The Morgan fingerprint density at radius 2 is 1.62 bits per heavy atom. The molecule has 2 aliphatic heterocycles. The lowest BCUT2D eigenvalue weighted by Gasteiger charge is -2.32. The molecule has 1 aromatic heterocycles. The van der Waals surface area contributed by atoms with Crippen LogP contribution in [0.5, 0.6) is 5.75 Å². The number of hydrogen-bond donors (Lipinski definition) is 1. The first kappa shape index (κ1) is 22.4. The molecule has 1 amide bonds. The number of carbonyl (C=O) groups is 1. The van der Waals surface area contributed by atoms with Crippen LogP contribution in [-0.2, 0) is 9.53 Å². The van der Waals surface area contributed by atoms with Gasteiger partial charge in [-0.15, -0.1) is 0 Å². The van der Waals surface area contributed by atoms with Gasteiger partial charge in [0, 0.05) is 40.1 Å². The van der Waals surface area contributed by atoms with Crippen LogP contribution >= 0.6 is 0 Å². The van der Waals surface area contributed by atoms with Crippen molar-refractivity contribution in [2.24, 2.45) is 0 Å². The number of pyridine rings is 1. The molecule has 7 heteroatoms. The highest BCUT2D eigenvalue weighted by molar-refractivity contribution is 5.73. The van der Waals surface area contributed by atoms with Gasteiger partial charge in [0.05, 0.1) is 18.7 Å². The fraction of sp³-hybridized carbons (Fsp3) is 0.520. The number of anilines is 2. The summed E-state index contributed by atoms with van der Waals surface area (Å²) < 4.78 is 11.7. The zero-order chi connectivity index (χ0) is 22.5. The summed E-state index contributed by atoms with van der Waals surface area (Å²) in [5.74, 6) is 2.90. The molecular weight excluding hydrogens is 404 g/mol. The normalized spacial score (nSPS) is 20.3. The average molecular weight is 439 g/mol. The first-order chi connectivity index (χ1) is 15.5. The second-order valence-electron chi connectivity index (χ2n) is 8.74. The lowest BCUT2D eigenvalue weighted by Crippen LogP contribution is -2.37. The predicted octanol–water partition coefficient (Wildman–Crippen LogP) is 3.55. The van der Waals surface area contributed by atoms with Crippen LogP contribution in [0.1, 0.15) is 44.7 Å². The number of benzene rings is 1. The van der Waals surface area contributed by atoms with E-state index in [1.54, 1.807) is 7.11 Å². The average Bonchev–Trinajstić information content (AvgIpc) is 3.28. The van der Waals surface area contributed by atoms with Gasteiger partial charge in [-0.1, -0.05) is 18.2 Å². The molecule has 0 radical (unpaired) electrons. The van der Waals surface area contributed by atoms with Gasteiger partial charge >= 0.3 is 0 Å². The Hall–Kier alpha value is -2.80. The van der Waals surface area contributed by atoms with Crippen molar-refractivity contribution in [1.29, 1.82) is 0 Å². The van der Waals surface area contributed by atoms with Gasteiger partial charge in [0.2, 0.25) is 5.91 Å². The number of carbonyl (C=O) groups excluding carboxylic acids is 1. The summed E-state index contributed by atoms with van der Waals surface area (Å²) in [6.45, 7) is 7.24. The van der Waals surface area contributed by atoms with E-state index in [9.17, 15) is 4.79 Å². The first-order valence-corrected chi connectivity index (χ1v) is 11.6. The second-order valence-corrected chi connectivity index (χ2v) is 8.74. The largest absolute Gasteiger partial charge is 0.489 e. The van der Waals surface area contributed by atoms with Crippen molar-refractivity contribution >= 4 is 17.5 Å². The van der Waals surface area contributed by atoms with E-state index in [1.165, 1.54) is 6.92 Å². The van der Waals surface area contributed by atoms with E-state index in [0.29, 0.717) is 6.10 Å². The highest BCUT2D eigenvalue weighted by Crippen LogP contribution is 2.26. The maximum Gasteiger partial charge on any atom is 0.217 e. The third kappa shape index (κ3) is 5.51. The van der Waals surface area contributed by atoms with Gasteiger partial charge in [0.1, 0.15) is 23.5 Å². The Bertz CT molecular complexity index is 896. The van der Waals surface area contributed by atoms with Gasteiger partial charge in [-0.3, -0.25) is 4.79 Å². The summed E-state index contributed by atoms with van der Waals surface area (Å²) in [5, 5.41) is 2.91. The van der Waals surface area contributed by atoms with Crippen molar-refractivity contribution in [3.05, 3.63) is 48.0 Å². The Morgan fingerprint density at radius 1 is 1.00 bits per heavy atom. The van der Waals surface area contributed by atoms with Gasteiger partial charge in [-0.2, -0.15) is 0 Å². The number of ether oxygens (including phenoxy) is 2. The second kappa shape index (κ2) is 10.2. The molecule has 2 aliphatic rings. The van der Waals surface area contributed by atoms with E-state index < -0.39 is 0 Å². The Labute approximate surface area is 190 Å². The fourth-order valence-electron chi connectivity index (χ4n) is 4.53. The Balaban J connectivity index is 1.32. The number of piperidine rings is 1. The quantitative estimate of drug-likeness (QED) is 0.713. The molecule has 172 valence electrons. The van der Waals surface area contributed by atoms with E-state index >= 15 is 0 Å². The number of methoxy groups -OCH3 is 1. The van der Waals surface area contributed by atoms with Crippen molar-refractivity contribution in [1.82, 2.24) is 10.3 Å². The van der Waals surface area contributed by atoms with Crippen molar-refractivity contribution in [2.75, 3.05) is 43.1 Å². The molecule has 0 bridgehead atoms. The smallest absolute Gasteiger partial charge is 0.217 e. The summed E-state index contributed by atoms with van der Waals surface area (Å²) in [5.41, 5.74) is 1.07. The van der Waals surface area contributed by atoms with Gasteiger partial charge in [0.25, 0.3) is 0 Å². The van der Waals surface area contributed by atoms with E-state index in [-0.39, 0.29) is 18.1 Å². The van der Waals surface area contributed by atoms with E-state index in [0.717, 1.165) is 68.4 Å². The molecule has 1 aromatic carbocycles. The summed E-state index contributed by atoms with van der Waals surface area (Å²) in [6.07, 6.45) is 3.56. The molecule has 0 saturated carbocycles. The van der Waals surface area contributed by atoms with Crippen LogP contribution in [0.15, 0.2) is 42.5 Å². The summed E-state index contributed by atoms with van der Waals surface area (Å²) in [6, 6.07) is 14.3. The minimum absolute atomic E-state index is 0.0119. The number of rotatable bonds is 7. The minimum atomic E-state index is -0.0268. The number of amides is 1. The van der Waals surface area contributed by atoms with Crippen LogP contribution in [0.4, 0.5) is 11.6 Å². The Morgan fingerprint density at radius 3 is 2.28 bits per heavy atom. The molecule has 0 spiro atoms. The molecule has 4 rings (SSSR count). The molecule has 2 aromatic rings. The molecule has 32 heavy (non-hydrogen) atoms. The summed E-state index contributed by atoms with van der Waals surface area (Å²) in [4.78, 5) is 20.9. The molecule has 0 aliphatic carbocycles. The maximum absolute atomic E-state index is 11.3. The van der Waals surface area contributed by atoms with Crippen molar-refractivity contribution in [3.8, 4) is 5.75 Å². The van der Waals surface area contributed by atoms with Gasteiger partial charge in [-0.05, 0) is 49.6 Å². The SMILES string of the molecule is COC1CCN(c2cccc(N3CC[C@@H](Oc4ccc([C@H](C)NC(C)=O)cc4)C3)n2)CC1. The molecule has 1 N–H and O–H groups in total. The molecule has 7 nitrogen and oxygen atoms in total. The number of aromatic nitrogens is 1. The fourth-order valence-corrected chi connectivity index (χ4v) is 4.53. The van der Waals surface area contributed by atoms with Crippen molar-refractivity contribution in [2.45, 2.75) is 51.4 Å². The van der Waals surface area contributed by atoms with Crippen LogP contribution in [0, 0.1) is 0 Å². The molecule has 3 heterocycles. The lowest BCUT2D eigenvalue weighted by atomic mass is 10.1. The number of nitrogens with one attached hydrogen (secondary N) is 1. The monoisotopic (exact) mass is 438 g/mol. The summed E-state index contributed by atoms with van der Waals surface area (Å²) in [7, 11) is 1.80. The number of hydrogen-bond acceptors (Lipinski definition) is 6. The van der Waals surface area contributed by atoms with Crippen LogP contribution in [0.3, 0.4) is 0 Å². The topological polar surface area (TPSA) is 66.9 Å². The highest BCUT2D eigenvalue weighted by Gasteiger charge is 2.26. The lowest BCUT2D eigenvalue weighted by molar-refractivity contribution is -0.119. The number of nitrogens with zero attached hydrogens (tertiary/aromatic N) is 3. The third-order valence-electron chi connectivity index (χ3n) is 6.39. The minimum Gasteiger partial charge on any atom is -0.489 e. The molecule has 0 unspecified atom stereocenters. The standard InChI is InChI=1S/C25H34N4O3/c1-18(26-19(2)30)20-7-9-22(10-8-20)32-23-13-16-29(17-23)25-6-4-5-24(27-25)28-14-11-21(31-3)12-15-28/h4-10,18,21,23H,11-17H2,1-3H3,(H,26,30)/t18-,23+/m0/s1. The maximum atomic E-state index is 11.3. The first-order valence-electron chi connectivity index (χ1n) is 11.6. The van der Waals surface area contributed by atoms with Crippen molar-refractivity contribution < 1.29 is 14.3 Å².